The van der Waals surface area contributed by atoms with Gasteiger partial charge in [-0.3, -0.25) is 0 Å². The van der Waals surface area contributed by atoms with Gasteiger partial charge in [-0.05, 0) is 36.4 Å². The van der Waals surface area contributed by atoms with Crippen molar-refractivity contribution in [3.05, 3.63) is 91.0 Å². The number of aliphatic carboxylic acids is 1. The summed E-state index contributed by atoms with van der Waals surface area (Å²) in [4.78, 5) is 11.8. The van der Waals surface area contributed by atoms with E-state index in [1.165, 1.54) is 0 Å². The fraction of sp³-hybridized carbons (Fsp3) is 0.0500. The number of benzene rings is 3. The largest absolute Gasteiger partial charge is 1.00 e. The lowest BCUT2D eigenvalue weighted by molar-refractivity contribution is -0.134. The third-order valence-corrected chi connectivity index (χ3v) is 8.25. The summed E-state index contributed by atoms with van der Waals surface area (Å²) in [6.45, 7) is 0. The summed E-state index contributed by atoms with van der Waals surface area (Å²) in [7, 11) is -2.21. The molecule has 3 rings (SSSR count). The molecule has 24 heavy (non-hydrogen) atoms. The van der Waals surface area contributed by atoms with Crippen molar-refractivity contribution in [2.24, 2.45) is 0 Å². The van der Waals surface area contributed by atoms with Gasteiger partial charge in [0, 0.05) is 0 Å². The van der Waals surface area contributed by atoms with E-state index in [0.29, 0.717) is 0 Å². The van der Waals surface area contributed by atoms with Crippen molar-refractivity contribution in [2.45, 2.75) is 0 Å². The fourth-order valence-electron chi connectivity index (χ4n) is 2.97. The van der Waals surface area contributed by atoms with Crippen molar-refractivity contribution < 1.29 is 22.3 Å². The monoisotopic (exact) mass is 356 g/mol. The SMILES string of the molecule is O=C(O)C[P+](c1ccccc1)(c1ccccc1)c1ccccc1.[Cl-]. The summed E-state index contributed by atoms with van der Waals surface area (Å²) in [5.74, 6) is -0.769. The van der Waals surface area contributed by atoms with E-state index < -0.39 is 13.2 Å². The summed E-state index contributed by atoms with van der Waals surface area (Å²) >= 11 is 0. The zero-order valence-corrected chi connectivity index (χ0v) is 14.7. The van der Waals surface area contributed by atoms with Crippen LogP contribution in [0.3, 0.4) is 0 Å². The lowest BCUT2D eigenvalue weighted by Gasteiger charge is -2.25. The molecule has 0 fully saturated rings. The molecule has 0 saturated carbocycles. The van der Waals surface area contributed by atoms with E-state index in [9.17, 15) is 9.90 Å². The Morgan fingerprint density at radius 2 is 0.958 bits per heavy atom. The molecule has 0 radical (unpaired) electrons. The zero-order chi connectivity index (χ0) is 16.1. The van der Waals surface area contributed by atoms with Gasteiger partial charge in [0.05, 0.1) is 0 Å². The molecule has 2 nitrogen and oxygen atoms in total. The predicted molar refractivity (Wildman–Crippen MR) is 97.7 cm³/mol. The molecule has 0 saturated heterocycles. The maximum atomic E-state index is 11.8. The normalized spacial score (nSPS) is 10.7. The second-order valence-electron chi connectivity index (χ2n) is 5.37. The summed E-state index contributed by atoms with van der Waals surface area (Å²) in [6.07, 6.45) is 0.116. The number of rotatable bonds is 5. The molecule has 0 amide bonds. The van der Waals surface area contributed by atoms with Gasteiger partial charge < -0.3 is 17.5 Å². The first-order valence-electron chi connectivity index (χ1n) is 7.50. The number of carboxylic acids is 1. The van der Waals surface area contributed by atoms with Crippen molar-refractivity contribution in [1.82, 2.24) is 0 Å². The van der Waals surface area contributed by atoms with Gasteiger partial charge in [-0.15, -0.1) is 0 Å². The molecule has 122 valence electrons. The Kier molecular flexibility index (Phi) is 6.14. The van der Waals surface area contributed by atoms with Crippen molar-refractivity contribution in [3.8, 4) is 0 Å². The van der Waals surface area contributed by atoms with Crippen LogP contribution >= 0.6 is 7.26 Å². The van der Waals surface area contributed by atoms with Crippen molar-refractivity contribution >= 4 is 29.1 Å². The molecule has 0 spiro atoms. The van der Waals surface area contributed by atoms with Gasteiger partial charge in [0.25, 0.3) is 0 Å². The molecule has 3 aromatic carbocycles. The van der Waals surface area contributed by atoms with Crippen LogP contribution in [0.25, 0.3) is 0 Å². The molecule has 0 bridgehead atoms. The Labute approximate surface area is 148 Å². The highest BCUT2D eigenvalue weighted by atomic mass is 35.5. The number of hydrogen-bond acceptors (Lipinski definition) is 1. The van der Waals surface area contributed by atoms with Crippen LogP contribution in [0.2, 0.25) is 0 Å². The standard InChI is InChI=1S/C20H17O2P.ClH/c21-20(22)16-23(17-10-4-1-5-11-17,18-12-6-2-7-13-18)19-14-8-3-9-15-19;/h1-15H,16H2;1H. The molecule has 0 unspecified atom stereocenters. The lowest BCUT2D eigenvalue weighted by Crippen LogP contribution is -3.00. The molecular weight excluding hydrogens is 339 g/mol. The summed E-state index contributed by atoms with van der Waals surface area (Å²) in [6, 6.07) is 30.1. The van der Waals surface area contributed by atoms with Gasteiger partial charge in [0.1, 0.15) is 23.2 Å². The predicted octanol–water partition coefficient (Wildman–Crippen LogP) is 0.0691. The highest BCUT2D eigenvalue weighted by molar-refractivity contribution is 7.96. The first kappa shape index (κ1) is 18.2. The van der Waals surface area contributed by atoms with E-state index in [1.54, 1.807) is 0 Å². The average molecular weight is 357 g/mol. The summed E-state index contributed by atoms with van der Waals surface area (Å²) < 4.78 is 0. The third kappa shape index (κ3) is 3.51. The Balaban J connectivity index is 0.00000208. The molecular formula is C20H18ClO2P. The number of carbonyl (C=O) groups is 1. The lowest BCUT2D eigenvalue weighted by atomic mass is 10.4. The second-order valence-corrected chi connectivity index (χ2v) is 8.85. The van der Waals surface area contributed by atoms with Crippen LogP contribution in [0.1, 0.15) is 0 Å². The topological polar surface area (TPSA) is 37.3 Å². The number of carboxylic acid groups (broad SMARTS) is 1. The quantitative estimate of drug-likeness (QED) is 0.657. The van der Waals surface area contributed by atoms with Gasteiger partial charge in [-0.25, -0.2) is 4.79 Å². The van der Waals surface area contributed by atoms with Crippen molar-refractivity contribution in [3.63, 3.8) is 0 Å². The molecule has 1 N–H and O–H groups in total. The van der Waals surface area contributed by atoms with Crippen LogP contribution in [-0.2, 0) is 4.79 Å². The second kappa shape index (κ2) is 8.10. The van der Waals surface area contributed by atoms with Crippen LogP contribution in [0.15, 0.2) is 91.0 Å². The maximum absolute atomic E-state index is 11.8. The molecule has 0 atom stereocenters. The summed E-state index contributed by atoms with van der Waals surface area (Å²) in [5.41, 5.74) is 0. The third-order valence-electron chi connectivity index (χ3n) is 3.96. The number of hydrogen-bond donors (Lipinski definition) is 1. The maximum Gasteiger partial charge on any atom is 0.342 e. The van der Waals surface area contributed by atoms with Crippen LogP contribution in [0.4, 0.5) is 0 Å². The highest BCUT2D eigenvalue weighted by Gasteiger charge is 2.47. The minimum absolute atomic E-state index is 0. The molecule has 3 aromatic rings. The zero-order valence-electron chi connectivity index (χ0n) is 13.0. The van der Waals surface area contributed by atoms with Crippen LogP contribution in [0, 0.1) is 0 Å². The van der Waals surface area contributed by atoms with E-state index in [2.05, 4.69) is 36.4 Å². The van der Waals surface area contributed by atoms with Crippen LogP contribution in [-0.4, -0.2) is 17.2 Å². The first-order chi connectivity index (χ1) is 11.2. The van der Waals surface area contributed by atoms with Crippen molar-refractivity contribution in [2.75, 3.05) is 6.16 Å². The number of halogens is 1. The van der Waals surface area contributed by atoms with E-state index >= 15 is 0 Å². The summed E-state index contributed by atoms with van der Waals surface area (Å²) in [5, 5.41) is 13.0. The minimum Gasteiger partial charge on any atom is -1.00 e. The Bertz CT molecular complexity index is 680. The fourth-order valence-corrected chi connectivity index (χ4v) is 6.86. The van der Waals surface area contributed by atoms with Gasteiger partial charge in [0.15, 0.2) is 6.16 Å². The molecule has 4 heteroatoms. The molecule has 0 heterocycles. The minimum atomic E-state index is -2.21. The van der Waals surface area contributed by atoms with E-state index in [1.807, 2.05) is 54.6 Å². The highest BCUT2D eigenvalue weighted by Crippen LogP contribution is 2.54. The van der Waals surface area contributed by atoms with Gasteiger partial charge in [0.2, 0.25) is 0 Å². The molecule has 0 aromatic heterocycles. The van der Waals surface area contributed by atoms with Crippen LogP contribution < -0.4 is 28.3 Å². The Morgan fingerprint density at radius 1 is 0.667 bits per heavy atom. The first-order valence-corrected chi connectivity index (χ1v) is 9.47. The molecule has 0 aliphatic carbocycles. The van der Waals surface area contributed by atoms with E-state index in [0.717, 1.165) is 15.9 Å². The average Bonchev–Trinajstić information content (AvgIpc) is 2.62. The Morgan fingerprint density at radius 3 is 1.21 bits per heavy atom. The molecule has 0 aliphatic heterocycles. The van der Waals surface area contributed by atoms with Crippen molar-refractivity contribution in [1.29, 1.82) is 0 Å². The van der Waals surface area contributed by atoms with Gasteiger partial charge >= 0.3 is 5.97 Å². The molecule has 0 aliphatic rings. The smallest absolute Gasteiger partial charge is 0.342 e. The van der Waals surface area contributed by atoms with E-state index in [4.69, 9.17) is 0 Å². The Hall–Kier alpha value is -2.15. The van der Waals surface area contributed by atoms with E-state index in [-0.39, 0.29) is 18.6 Å². The van der Waals surface area contributed by atoms with Gasteiger partial charge in [-0.1, -0.05) is 54.6 Å². The van der Waals surface area contributed by atoms with Crippen LogP contribution in [0.5, 0.6) is 0 Å². The van der Waals surface area contributed by atoms with Gasteiger partial charge in [-0.2, -0.15) is 0 Å².